The largest absolute Gasteiger partial charge is 0.310 e. The Balaban J connectivity index is 2.22. The molecule has 1 aromatic heterocycles. The van der Waals surface area contributed by atoms with Crippen molar-refractivity contribution >= 4 is 15.9 Å². The van der Waals surface area contributed by atoms with Crippen LogP contribution < -0.4 is 5.32 Å². The van der Waals surface area contributed by atoms with Gasteiger partial charge in [-0.15, -0.1) is 0 Å². The third-order valence-corrected chi connectivity index (χ3v) is 3.92. The standard InChI is InChI=1S/C15H20BrFN4/c1-3-7-21-15(19-10-20-21)9-14(18-4-2)11-5-6-13(17)12(16)8-11/h5-6,8,10,14,18H,3-4,7,9H2,1-2H3. The smallest absolute Gasteiger partial charge is 0.138 e. The molecular formula is C15H20BrFN4. The number of likely N-dealkylation sites (N-methyl/N-ethyl adjacent to an activating group) is 1. The average Bonchev–Trinajstić information content (AvgIpc) is 2.89. The van der Waals surface area contributed by atoms with Crippen molar-refractivity contribution in [1.82, 2.24) is 20.1 Å². The van der Waals surface area contributed by atoms with E-state index in [1.54, 1.807) is 6.33 Å². The Hall–Kier alpha value is -1.27. The zero-order valence-electron chi connectivity index (χ0n) is 12.3. The van der Waals surface area contributed by atoms with Gasteiger partial charge in [0.15, 0.2) is 0 Å². The Morgan fingerprint density at radius 1 is 1.38 bits per heavy atom. The van der Waals surface area contributed by atoms with Crippen molar-refractivity contribution in [3.63, 3.8) is 0 Å². The number of rotatable bonds is 7. The SMILES string of the molecule is CCCn1ncnc1CC(NCC)c1ccc(F)c(Br)c1. The molecule has 0 aliphatic rings. The Bertz CT molecular complexity index is 585. The number of aromatic nitrogens is 3. The minimum atomic E-state index is -0.247. The summed E-state index contributed by atoms with van der Waals surface area (Å²) in [6.07, 6.45) is 3.34. The van der Waals surface area contributed by atoms with Gasteiger partial charge in [0, 0.05) is 19.0 Å². The van der Waals surface area contributed by atoms with E-state index >= 15 is 0 Å². The van der Waals surface area contributed by atoms with E-state index < -0.39 is 0 Å². The third-order valence-electron chi connectivity index (χ3n) is 3.31. The first kappa shape index (κ1) is 16.1. The second-order valence-electron chi connectivity index (χ2n) is 4.89. The van der Waals surface area contributed by atoms with Gasteiger partial charge in [0.2, 0.25) is 0 Å². The Morgan fingerprint density at radius 3 is 2.86 bits per heavy atom. The summed E-state index contributed by atoms with van der Waals surface area (Å²) in [5.41, 5.74) is 1.04. The molecule has 114 valence electrons. The number of benzene rings is 1. The lowest BCUT2D eigenvalue weighted by molar-refractivity contribution is 0.497. The third kappa shape index (κ3) is 4.11. The zero-order valence-corrected chi connectivity index (χ0v) is 13.9. The molecular weight excluding hydrogens is 335 g/mol. The summed E-state index contributed by atoms with van der Waals surface area (Å²) in [5.74, 6) is 0.700. The van der Waals surface area contributed by atoms with Gasteiger partial charge in [-0.3, -0.25) is 4.68 Å². The molecule has 1 unspecified atom stereocenters. The average molecular weight is 355 g/mol. The highest BCUT2D eigenvalue weighted by Crippen LogP contribution is 2.23. The highest BCUT2D eigenvalue weighted by Gasteiger charge is 2.16. The molecule has 0 amide bonds. The molecule has 21 heavy (non-hydrogen) atoms. The molecule has 0 spiro atoms. The van der Waals surface area contributed by atoms with Crippen molar-refractivity contribution in [2.75, 3.05) is 6.54 Å². The van der Waals surface area contributed by atoms with E-state index in [1.165, 1.54) is 6.07 Å². The Labute approximate surface area is 132 Å². The topological polar surface area (TPSA) is 42.7 Å². The van der Waals surface area contributed by atoms with E-state index in [0.717, 1.165) is 37.3 Å². The zero-order chi connectivity index (χ0) is 15.2. The van der Waals surface area contributed by atoms with Crippen molar-refractivity contribution < 1.29 is 4.39 Å². The highest BCUT2D eigenvalue weighted by molar-refractivity contribution is 9.10. The van der Waals surface area contributed by atoms with Crippen molar-refractivity contribution in [1.29, 1.82) is 0 Å². The lowest BCUT2D eigenvalue weighted by atomic mass is 10.0. The fraction of sp³-hybridized carbons (Fsp3) is 0.467. The van der Waals surface area contributed by atoms with Crippen molar-refractivity contribution in [3.05, 3.63) is 46.2 Å². The van der Waals surface area contributed by atoms with Crippen LogP contribution >= 0.6 is 15.9 Å². The lowest BCUT2D eigenvalue weighted by Gasteiger charge is -2.18. The maximum absolute atomic E-state index is 13.4. The molecule has 0 radical (unpaired) electrons. The fourth-order valence-corrected chi connectivity index (χ4v) is 2.71. The Morgan fingerprint density at radius 2 is 2.19 bits per heavy atom. The van der Waals surface area contributed by atoms with Gasteiger partial charge in [-0.2, -0.15) is 5.10 Å². The van der Waals surface area contributed by atoms with Gasteiger partial charge in [0.1, 0.15) is 18.0 Å². The number of halogens is 2. The minimum Gasteiger partial charge on any atom is -0.310 e. The number of hydrogen-bond donors (Lipinski definition) is 1. The maximum Gasteiger partial charge on any atom is 0.138 e. The van der Waals surface area contributed by atoms with Crippen LogP contribution in [-0.4, -0.2) is 21.3 Å². The molecule has 2 rings (SSSR count). The Kier molecular flexibility index (Phi) is 5.87. The van der Waals surface area contributed by atoms with Crippen LogP contribution in [0.15, 0.2) is 29.0 Å². The van der Waals surface area contributed by atoms with Crippen LogP contribution in [0.3, 0.4) is 0 Å². The second kappa shape index (κ2) is 7.66. The first-order chi connectivity index (χ1) is 10.2. The van der Waals surface area contributed by atoms with Crippen LogP contribution in [0.4, 0.5) is 4.39 Å². The molecule has 0 saturated carbocycles. The quantitative estimate of drug-likeness (QED) is 0.827. The molecule has 0 saturated heterocycles. The minimum absolute atomic E-state index is 0.0895. The summed E-state index contributed by atoms with van der Waals surface area (Å²) >= 11 is 3.25. The van der Waals surface area contributed by atoms with Crippen LogP contribution in [0.5, 0.6) is 0 Å². The van der Waals surface area contributed by atoms with Crippen molar-refractivity contribution in [2.24, 2.45) is 0 Å². The van der Waals surface area contributed by atoms with Gasteiger partial charge >= 0.3 is 0 Å². The molecule has 1 atom stereocenters. The first-order valence-electron chi connectivity index (χ1n) is 7.20. The van der Waals surface area contributed by atoms with Crippen molar-refractivity contribution in [2.45, 2.75) is 39.3 Å². The van der Waals surface area contributed by atoms with E-state index in [0.29, 0.717) is 4.47 Å². The molecule has 0 aliphatic carbocycles. The van der Waals surface area contributed by atoms with Crippen molar-refractivity contribution in [3.8, 4) is 0 Å². The summed E-state index contributed by atoms with van der Waals surface area (Å²) in [7, 11) is 0. The summed E-state index contributed by atoms with van der Waals surface area (Å²) in [6.45, 7) is 5.87. The lowest BCUT2D eigenvalue weighted by Crippen LogP contribution is -2.24. The second-order valence-corrected chi connectivity index (χ2v) is 5.74. The number of nitrogens with zero attached hydrogens (tertiary/aromatic N) is 3. The summed E-state index contributed by atoms with van der Waals surface area (Å²) in [5, 5.41) is 7.68. The monoisotopic (exact) mass is 354 g/mol. The van der Waals surface area contributed by atoms with Gasteiger partial charge in [0.05, 0.1) is 4.47 Å². The van der Waals surface area contributed by atoms with E-state index in [9.17, 15) is 4.39 Å². The maximum atomic E-state index is 13.4. The van der Waals surface area contributed by atoms with Crippen LogP contribution in [0.1, 0.15) is 37.7 Å². The van der Waals surface area contributed by atoms with E-state index in [4.69, 9.17) is 0 Å². The van der Waals surface area contributed by atoms with Gasteiger partial charge < -0.3 is 5.32 Å². The summed E-state index contributed by atoms with van der Waals surface area (Å²) in [4.78, 5) is 4.35. The van der Waals surface area contributed by atoms with Crippen LogP contribution in [-0.2, 0) is 13.0 Å². The molecule has 0 fully saturated rings. The van der Waals surface area contributed by atoms with Gasteiger partial charge in [-0.1, -0.05) is 19.9 Å². The molecule has 1 aromatic carbocycles. The molecule has 1 heterocycles. The normalized spacial score (nSPS) is 12.6. The van der Waals surface area contributed by atoms with Gasteiger partial charge in [0.25, 0.3) is 0 Å². The molecule has 6 heteroatoms. The van der Waals surface area contributed by atoms with Crippen LogP contribution in [0.25, 0.3) is 0 Å². The molecule has 4 nitrogen and oxygen atoms in total. The molecule has 2 aromatic rings. The predicted octanol–water partition coefficient (Wildman–Crippen LogP) is 3.48. The number of hydrogen-bond acceptors (Lipinski definition) is 3. The summed E-state index contributed by atoms with van der Waals surface area (Å²) < 4.78 is 15.8. The first-order valence-corrected chi connectivity index (χ1v) is 8.00. The summed E-state index contributed by atoms with van der Waals surface area (Å²) in [6, 6.07) is 5.21. The van der Waals surface area contributed by atoms with E-state index in [2.05, 4.69) is 45.2 Å². The highest BCUT2D eigenvalue weighted by atomic mass is 79.9. The predicted molar refractivity (Wildman–Crippen MR) is 84.5 cm³/mol. The number of nitrogens with one attached hydrogen (secondary N) is 1. The van der Waals surface area contributed by atoms with E-state index in [1.807, 2.05) is 16.8 Å². The van der Waals surface area contributed by atoms with Crippen LogP contribution in [0.2, 0.25) is 0 Å². The van der Waals surface area contributed by atoms with Gasteiger partial charge in [-0.05, 0) is 46.6 Å². The van der Waals surface area contributed by atoms with Crippen LogP contribution in [0, 0.1) is 5.82 Å². The molecule has 0 aliphatic heterocycles. The molecule has 1 N–H and O–H groups in total. The fourth-order valence-electron chi connectivity index (χ4n) is 2.31. The number of aryl methyl sites for hydroxylation is 1. The van der Waals surface area contributed by atoms with Gasteiger partial charge in [-0.25, -0.2) is 9.37 Å². The molecule has 0 bridgehead atoms. The van der Waals surface area contributed by atoms with E-state index in [-0.39, 0.29) is 11.9 Å².